The van der Waals surface area contributed by atoms with E-state index in [2.05, 4.69) is 0 Å². The predicted octanol–water partition coefficient (Wildman–Crippen LogP) is 1.66. The third-order valence-corrected chi connectivity index (χ3v) is 4.37. The molecule has 6 heteroatoms. The molecular weight excluding hydrogens is 308 g/mol. The summed E-state index contributed by atoms with van der Waals surface area (Å²) in [4.78, 5) is 27.2. The van der Waals surface area contributed by atoms with Gasteiger partial charge in [0.2, 0.25) is 0 Å². The molecule has 1 aliphatic heterocycles. The van der Waals surface area contributed by atoms with Gasteiger partial charge < -0.3 is 19.3 Å². The largest absolute Gasteiger partial charge is 0.506 e. The Morgan fingerprint density at radius 3 is 2.62 bits per heavy atom. The first kappa shape index (κ1) is 16.3. The van der Waals surface area contributed by atoms with E-state index in [0.717, 1.165) is 5.70 Å². The quantitative estimate of drug-likeness (QED) is 0.685. The smallest absolute Gasteiger partial charge is 0.265 e. The first-order valence-corrected chi connectivity index (χ1v) is 7.86. The number of aromatic hydroxyl groups is 1. The van der Waals surface area contributed by atoms with Crippen LogP contribution in [0.25, 0.3) is 10.9 Å². The number of nitrogens with zero attached hydrogens (tertiary/aromatic N) is 2. The monoisotopic (exact) mass is 328 g/mol. The summed E-state index contributed by atoms with van der Waals surface area (Å²) in [7, 11) is 1.60. The predicted molar refractivity (Wildman–Crippen MR) is 91.3 cm³/mol. The van der Waals surface area contributed by atoms with E-state index in [9.17, 15) is 14.7 Å². The molecule has 1 saturated heterocycles. The average molecular weight is 328 g/mol. The van der Waals surface area contributed by atoms with Crippen molar-refractivity contribution >= 4 is 16.7 Å². The van der Waals surface area contributed by atoms with Gasteiger partial charge in [0.05, 0.1) is 18.7 Å². The number of morpholine rings is 1. The highest BCUT2D eigenvalue weighted by Gasteiger charge is 2.20. The van der Waals surface area contributed by atoms with Gasteiger partial charge in [0, 0.05) is 37.3 Å². The lowest BCUT2D eigenvalue weighted by molar-refractivity contribution is 0.0534. The Morgan fingerprint density at radius 1 is 1.25 bits per heavy atom. The summed E-state index contributed by atoms with van der Waals surface area (Å²) in [6.45, 7) is 4.46. The minimum Gasteiger partial charge on any atom is -0.506 e. The van der Waals surface area contributed by atoms with E-state index in [4.69, 9.17) is 4.74 Å². The molecule has 1 fully saturated rings. The molecule has 1 aromatic carbocycles. The lowest BCUT2D eigenvalue weighted by atomic mass is 10.1. The first-order valence-electron chi connectivity index (χ1n) is 7.86. The standard InChI is InChI=1S/C18H20N2O4/c1-12(20-7-9-24-10-8-20)11-15(21)16-17(22)13-5-3-4-6-14(13)19(2)18(16)23/h3-6,11,22H,7-10H2,1-2H3/b12-11+. The number of carbonyl (C=O) groups excluding carboxylic acids is 1. The lowest BCUT2D eigenvalue weighted by Gasteiger charge is -2.29. The highest BCUT2D eigenvalue weighted by atomic mass is 16.5. The van der Waals surface area contributed by atoms with E-state index in [1.54, 1.807) is 31.3 Å². The van der Waals surface area contributed by atoms with Crippen LogP contribution in [0.4, 0.5) is 0 Å². The number of allylic oxidation sites excluding steroid dienone is 2. The van der Waals surface area contributed by atoms with Crippen molar-refractivity contribution in [1.82, 2.24) is 9.47 Å². The number of carbonyl (C=O) groups is 1. The normalized spacial score (nSPS) is 15.8. The van der Waals surface area contributed by atoms with Gasteiger partial charge in [-0.25, -0.2) is 0 Å². The number of pyridine rings is 1. The van der Waals surface area contributed by atoms with Gasteiger partial charge in [-0.1, -0.05) is 12.1 Å². The number of aryl methyl sites for hydroxylation is 1. The number of rotatable bonds is 3. The van der Waals surface area contributed by atoms with Crippen LogP contribution in [0.1, 0.15) is 17.3 Å². The minimum atomic E-state index is -0.498. The van der Waals surface area contributed by atoms with Crippen LogP contribution in [0.3, 0.4) is 0 Å². The van der Waals surface area contributed by atoms with Crippen LogP contribution < -0.4 is 5.56 Å². The minimum absolute atomic E-state index is 0.191. The Labute approximate surface area is 139 Å². The van der Waals surface area contributed by atoms with E-state index in [-0.39, 0.29) is 11.3 Å². The van der Waals surface area contributed by atoms with Crippen molar-refractivity contribution in [2.24, 2.45) is 7.05 Å². The number of aromatic nitrogens is 1. The molecule has 3 rings (SSSR count). The zero-order valence-electron chi connectivity index (χ0n) is 13.8. The summed E-state index contributed by atoms with van der Waals surface area (Å²) in [6.07, 6.45) is 1.41. The average Bonchev–Trinajstić information content (AvgIpc) is 2.60. The van der Waals surface area contributed by atoms with Crippen molar-refractivity contribution in [2.45, 2.75) is 6.92 Å². The molecule has 0 atom stereocenters. The van der Waals surface area contributed by atoms with Crippen LogP contribution in [0.5, 0.6) is 5.75 Å². The maximum Gasteiger partial charge on any atom is 0.265 e. The molecule has 0 bridgehead atoms. The first-order chi connectivity index (χ1) is 11.5. The van der Waals surface area contributed by atoms with E-state index in [0.29, 0.717) is 37.2 Å². The number of fused-ring (bicyclic) bond motifs is 1. The molecule has 0 spiro atoms. The fourth-order valence-electron chi connectivity index (χ4n) is 2.97. The molecule has 0 saturated carbocycles. The number of hydrogen-bond acceptors (Lipinski definition) is 5. The van der Waals surface area contributed by atoms with E-state index >= 15 is 0 Å². The second kappa shape index (κ2) is 6.49. The van der Waals surface area contributed by atoms with E-state index < -0.39 is 11.3 Å². The van der Waals surface area contributed by atoms with Gasteiger partial charge in [-0.2, -0.15) is 0 Å². The molecular formula is C18H20N2O4. The molecule has 2 aromatic rings. The highest BCUT2D eigenvalue weighted by Crippen LogP contribution is 2.26. The molecule has 0 aliphatic carbocycles. The van der Waals surface area contributed by atoms with Gasteiger partial charge in [-0.15, -0.1) is 0 Å². The summed E-state index contributed by atoms with van der Waals surface area (Å²) >= 11 is 0. The molecule has 2 heterocycles. The Balaban J connectivity index is 2.05. The molecule has 0 unspecified atom stereocenters. The Hall–Kier alpha value is -2.60. The molecule has 1 aliphatic rings. The summed E-state index contributed by atoms with van der Waals surface area (Å²) in [5.41, 5.74) is 0.661. The van der Waals surface area contributed by atoms with Crippen molar-refractivity contribution in [1.29, 1.82) is 0 Å². The van der Waals surface area contributed by atoms with Crippen LogP contribution in [0.2, 0.25) is 0 Å². The zero-order valence-corrected chi connectivity index (χ0v) is 13.8. The van der Waals surface area contributed by atoms with Crippen molar-refractivity contribution in [3.8, 4) is 5.75 Å². The van der Waals surface area contributed by atoms with Gasteiger partial charge in [-0.3, -0.25) is 9.59 Å². The topological polar surface area (TPSA) is 71.8 Å². The summed E-state index contributed by atoms with van der Waals surface area (Å²) in [5.74, 6) is -0.743. The molecule has 0 amide bonds. The molecule has 1 aromatic heterocycles. The highest BCUT2D eigenvalue weighted by molar-refractivity contribution is 6.09. The fourth-order valence-corrected chi connectivity index (χ4v) is 2.97. The van der Waals surface area contributed by atoms with Crippen LogP contribution in [-0.2, 0) is 11.8 Å². The Bertz CT molecular complexity index is 876. The summed E-state index contributed by atoms with van der Waals surface area (Å²) in [5, 5.41) is 10.9. The van der Waals surface area contributed by atoms with Crippen LogP contribution in [0.15, 0.2) is 40.8 Å². The van der Waals surface area contributed by atoms with Crippen molar-refractivity contribution in [3.05, 3.63) is 52.0 Å². The molecule has 126 valence electrons. The Morgan fingerprint density at radius 2 is 1.92 bits per heavy atom. The van der Waals surface area contributed by atoms with E-state index in [1.807, 2.05) is 11.8 Å². The second-order valence-electron chi connectivity index (χ2n) is 5.85. The summed E-state index contributed by atoms with van der Waals surface area (Å²) in [6, 6.07) is 6.97. The molecule has 0 radical (unpaired) electrons. The number of para-hydroxylation sites is 1. The second-order valence-corrected chi connectivity index (χ2v) is 5.85. The third-order valence-electron chi connectivity index (χ3n) is 4.37. The number of ketones is 1. The van der Waals surface area contributed by atoms with Gasteiger partial charge in [-0.05, 0) is 19.1 Å². The fraction of sp³-hybridized carbons (Fsp3) is 0.333. The Kier molecular flexibility index (Phi) is 4.40. The maximum atomic E-state index is 12.6. The number of benzene rings is 1. The van der Waals surface area contributed by atoms with Crippen LogP contribution in [-0.4, -0.2) is 46.7 Å². The SMILES string of the molecule is C/C(=C\C(=O)c1c(O)c2ccccc2n(C)c1=O)N1CCOCC1. The van der Waals surface area contributed by atoms with Gasteiger partial charge >= 0.3 is 0 Å². The molecule has 6 nitrogen and oxygen atoms in total. The zero-order chi connectivity index (χ0) is 17.3. The number of hydrogen-bond donors (Lipinski definition) is 1. The van der Waals surface area contributed by atoms with E-state index in [1.165, 1.54) is 10.6 Å². The lowest BCUT2D eigenvalue weighted by Crippen LogP contribution is -2.35. The van der Waals surface area contributed by atoms with Crippen molar-refractivity contribution < 1.29 is 14.6 Å². The maximum absolute atomic E-state index is 12.6. The van der Waals surface area contributed by atoms with Crippen molar-refractivity contribution in [2.75, 3.05) is 26.3 Å². The van der Waals surface area contributed by atoms with Crippen LogP contribution in [0, 0.1) is 0 Å². The van der Waals surface area contributed by atoms with Gasteiger partial charge in [0.15, 0.2) is 5.78 Å². The van der Waals surface area contributed by atoms with Gasteiger partial charge in [0.1, 0.15) is 11.3 Å². The van der Waals surface area contributed by atoms with Crippen LogP contribution >= 0.6 is 0 Å². The summed E-state index contributed by atoms with van der Waals surface area (Å²) < 4.78 is 6.68. The molecule has 24 heavy (non-hydrogen) atoms. The number of ether oxygens (including phenoxy) is 1. The third kappa shape index (κ3) is 2.80. The molecule has 1 N–H and O–H groups in total. The van der Waals surface area contributed by atoms with Gasteiger partial charge in [0.25, 0.3) is 5.56 Å². The van der Waals surface area contributed by atoms with Crippen molar-refractivity contribution in [3.63, 3.8) is 0 Å².